The van der Waals surface area contributed by atoms with Gasteiger partial charge in [0.15, 0.2) is 0 Å². The molecule has 3 N–H and O–H groups in total. The third kappa shape index (κ3) is 6.21. The smallest absolute Gasteiger partial charge is 0.349 e. The number of amides is 1. The van der Waals surface area contributed by atoms with Crippen LogP contribution in [0.4, 0.5) is 11.4 Å². The number of benzene rings is 4. The second-order valence-corrected chi connectivity index (χ2v) is 11.7. The maximum absolute atomic E-state index is 14.0. The van der Waals surface area contributed by atoms with Crippen molar-refractivity contribution in [3.8, 4) is 5.75 Å². The lowest BCUT2D eigenvalue weighted by atomic mass is 10.1. The molecule has 0 radical (unpaired) electrons. The van der Waals surface area contributed by atoms with Gasteiger partial charge in [0.1, 0.15) is 12.3 Å². The van der Waals surface area contributed by atoms with Gasteiger partial charge in [-0.1, -0.05) is 54.1 Å². The first-order chi connectivity index (χ1) is 19.8. The molecule has 1 atom stereocenters. The van der Waals surface area contributed by atoms with E-state index in [1.54, 1.807) is 62.4 Å². The maximum atomic E-state index is 14.0. The zero-order chi connectivity index (χ0) is 30.8. The van der Waals surface area contributed by atoms with Crippen molar-refractivity contribution in [2.24, 2.45) is 0 Å². The molecule has 1 unspecified atom stereocenters. The van der Waals surface area contributed by atoms with Gasteiger partial charge in [0.25, 0.3) is 10.0 Å². The third-order valence-electron chi connectivity index (χ3n) is 6.56. The van der Waals surface area contributed by atoms with E-state index in [9.17, 15) is 33.0 Å². The Morgan fingerprint density at radius 2 is 1.48 bits per heavy atom. The van der Waals surface area contributed by atoms with Crippen molar-refractivity contribution in [3.05, 3.63) is 95.1 Å². The Kier molecular flexibility index (Phi) is 8.53. The highest BCUT2D eigenvalue weighted by molar-refractivity contribution is 7.93. The van der Waals surface area contributed by atoms with Crippen LogP contribution in [0.3, 0.4) is 0 Å². The lowest BCUT2D eigenvalue weighted by Gasteiger charge is -2.27. The minimum Gasteiger partial charge on any atom is -0.480 e. The summed E-state index contributed by atoms with van der Waals surface area (Å²) >= 11 is 0. The van der Waals surface area contributed by atoms with Crippen LogP contribution in [0.2, 0.25) is 0 Å². The molecule has 4 rings (SSSR count). The number of hydrogen-bond acceptors (Lipinski definition) is 6. The maximum Gasteiger partial charge on any atom is 0.349 e. The number of carboxylic acid groups (broad SMARTS) is 2. The summed E-state index contributed by atoms with van der Waals surface area (Å²) in [5.74, 6) is -2.73. The van der Waals surface area contributed by atoms with Crippen molar-refractivity contribution in [2.45, 2.75) is 38.7 Å². The van der Waals surface area contributed by atoms with E-state index < -0.39 is 34.6 Å². The van der Waals surface area contributed by atoms with Crippen LogP contribution in [-0.2, 0) is 24.4 Å². The van der Waals surface area contributed by atoms with Crippen molar-refractivity contribution in [1.29, 1.82) is 0 Å². The van der Waals surface area contributed by atoms with Crippen LogP contribution in [0, 0.1) is 20.8 Å². The molecule has 4 aromatic carbocycles. The Balaban J connectivity index is 1.82. The van der Waals surface area contributed by atoms with Crippen molar-refractivity contribution in [1.82, 2.24) is 0 Å². The Bertz CT molecular complexity index is 1780. The van der Waals surface area contributed by atoms with E-state index in [1.807, 2.05) is 6.92 Å². The molecule has 0 spiro atoms. The zero-order valence-corrected chi connectivity index (χ0v) is 24.2. The molecule has 0 saturated carbocycles. The molecule has 42 heavy (non-hydrogen) atoms. The van der Waals surface area contributed by atoms with Gasteiger partial charge < -0.3 is 20.3 Å². The van der Waals surface area contributed by atoms with Crippen LogP contribution in [0.5, 0.6) is 5.75 Å². The van der Waals surface area contributed by atoms with Crippen molar-refractivity contribution in [2.75, 3.05) is 16.2 Å². The molecule has 4 aromatic rings. The van der Waals surface area contributed by atoms with Crippen LogP contribution in [0.15, 0.2) is 77.7 Å². The van der Waals surface area contributed by atoms with Gasteiger partial charge in [-0.3, -0.25) is 13.9 Å². The fourth-order valence-electron chi connectivity index (χ4n) is 5.01. The van der Waals surface area contributed by atoms with Crippen LogP contribution >= 0.6 is 0 Å². The lowest BCUT2D eigenvalue weighted by molar-refractivity contribution is -0.145. The van der Waals surface area contributed by atoms with Crippen molar-refractivity contribution < 1.29 is 37.8 Å². The van der Waals surface area contributed by atoms with Crippen LogP contribution in [0.25, 0.3) is 10.8 Å². The number of aliphatic carboxylic acids is 2. The van der Waals surface area contributed by atoms with E-state index >= 15 is 0 Å². The second-order valence-electron chi connectivity index (χ2n) is 9.90. The first-order valence-electron chi connectivity index (χ1n) is 12.9. The number of nitrogens with zero attached hydrogens (tertiary/aromatic N) is 1. The highest BCUT2D eigenvalue weighted by Crippen LogP contribution is 2.39. The first kappa shape index (κ1) is 30.1. The average molecular weight is 591 g/mol. The van der Waals surface area contributed by atoms with Gasteiger partial charge in [-0.2, -0.15) is 0 Å². The summed E-state index contributed by atoms with van der Waals surface area (Å²) in [7, 11) is -4.34. The molecule has 11 heteroatoms. The van der Waals surface area contributed by atoms with E-state index in [0.717, 1.165) is 9.87 Å². The van der Waals surface area contributed by atoms with Gasteiger partial charge in [-0.05, 0) is 56.2 Å². The van der Waals surface area contributed by atoms with Gasteiger partial charge in [0.05, 0.1) is 10.6 Å². The highest BCUT2D eigenvalue weighted by Gasteiger charge is 2.32. The summed E-state index contributed by atoms with van der Waals surface area (Å²) in [4.78, 5) is 35.5. The molecule has 10 nitrogen and oxygen atoms in total. The summed E-state index contributed by atoms with van der Waals surface area (Å²) in [5.41, 5.74) is 2.75. The normalized spacial score (nSPS) is 12.0. The minimum atomic E-state index is -4.34. The van der Waals surface area contributed by atoms with Gasteiger partial charge in [-0.15, -0.1) is 0 Å². The summed E-state index contributed by atoms with van der Waals surface area (Å²) in [6, 6.07) is 19.1. The van der Waals surface area contributed by atoms with Crippen LogP contribution < -0.4 is 14.4 Å². The Morgan fingerprint density at radius 3 is 2.02 bits per heavy atom. The molecule has 0 aromatic heterocycles. The number of carboxylic acids is 2. The highest BCUT2D eigenvalue weighted by atomic mass is 32.2. The summed E-state index contributed by atoms with van der Waals surface area (Å²) < 4.78 is 34.9. The van der Waals surface area contributed by atoms with E-state index in [-0.39, 0.29) is 22.2 Å². The second kappa shape index (κ2) is 11.9. The number of anilines is 2. The van der Waals surface area contributed by atoms with Gasteiger partial charge in [0, 0.05) is 28.9 Å². The monoisotopic (exact) mass is 590 g/mol. The summed E-state index contributed by atoms with van der Waals surface area (Å²) in [5, 5.41) is 23.0. The molecule has 0 aliphatic carbocycles. The molecule has 0 aliphatic rings. The number of ether oxygens (including phenoxy) is 1. The number of fused-ring (bicyclic) bond motifs is 1. The van der Waals surface area contributed by atoms with E-state index in [4.69, 9.17) is 4.74 Å². The quantitative estimate of drug-likeness (QED) is 0.228. The minimum absolute atomic E-state index is 0.0207. The number of carbonyl (C=O) groups is 3. The van der Waals surface area contributed by atoms with Gasteiger partial charge >= 0.3 is 11.9 Å². The first-order valence-corrected chi connectivity index (χ1v) is 14.3. The fourth-order valence-corrected chi connectivity index (χ4v) is 6.87. The fraction of sp³-hybridized carbons (Fsp3) is 0.194. The van der Waals surface area contributed by atoms with Gasteiger partial charge in [0.2, 0.25) is 12.0 Å². The molecular weight excluding hydrogens is 560 g/mol. The Morgan fingerprint density at radius 1 is 0.881 bits per heavy atom. The molecule has 0 fully saturated rings. The molecule has 0 heterocycles. The van der Waals surface area contributed by atoms with Gasteiger partial charge in [-0.25, -0.2) is 13.2 Å². The predicted molar refractivity (Wildman–Crippen MR) is 159 cm³/mol. The lowest BCUT2D eigenvalue weighted by Crippen LogP contribution is -2.36. The average Bonchev–Trinajstić information content (AvgIpc) is 2.89. The van der Waals surface area contributed by atoms with Crippen molar-refractivity contribution >= 4 is 50.0 Å². The Labute approximate surface area is 243 Å². The standard InChI is InChI=1S/C31H30N2O8S/c1-18-15-19(2)30(20(3)16-18)42(39,40)33(17-28(35)36)26-13-14-27(25-8-6-5-7-24(25)26)41-29(31(37)38)22-9-11-23(12-10-22)32-21(4)34/h5-16,29H,17H2,1-4H3,(H,32,34)(H,35,36)(H,37,38). The molecule has 0 aliphatic heterocycles. The Hall–Kier alpha value is -4.90. The molecular formula is C31H30N2O8S. The van der Waals surface area contributed by atoms with Crippen LogP contribution in [-0.4, -0.2) is 43.0 Å². The van der Waals surface area contributed by atoms with Crippen LogP contribution in [0.1, 0.15) is 35.3 Å². The van der Waals surface area contributed by atoms with E-state index in [2.05, 4.69) is 5.32 Å². The number of rotatable bonds is 10. The van der Waals surface area contributed by atoms with E-state index in [1.165, 1.54) is 31.2 Å². The third-order valence-corrected chi connectivity index (χ3v) is 8.63. The number of aryl methyl sites for hydroxylation is 3. The topological polar surface area (TPSA) is 150 Å². The summed E-state index contributed by atoms with van der Waals surface area (Å²) in [6.07, 6.45) is -1.43. The predicted octanol–water partition coefficient (Wildman–Crippen LogP) is 5.21. The number of nitrogens with one attached hydrogen (secondary N) is 1. The largest absolute Gasteiger partial charge is 0.480 e. The van der Waals surface area contributed by atoms with E-state index in [0.29, 0.717) is 33.2 Å². The molecule has 0 saturated heterocycles. The zero-order valence-electron chi connectivity index (χ0n) is 23.4. The number of carbonyl (C=O) groups excluding carboxylic acids is 1. The van der Waals surface area contributed by atoms with Crippen molar-refractivity contribution in [3.63, 3.8) is 0 Å². The SMILES string of the molecule is CC(=O)Nc1ccc(C(Oc2ccc(N(CC(=O)O)S(=O)(=O)c3c(C)cc(C)cc3C)c3ccccc23)C(=O)O)cc1. The molecule has 0 bridgehead atoms. The molecule has 1 amide bonds. The number of sulfonamides is 1. The number of hydrogen-bond donors (Lipinski definition) is 3. The summed E-state index contributed by atoms with van der Waals surface area (Å²) in [6.45, 7) is 5.69. The molecule has 218 valence electrons.